The van der Waals surface area contributed by atoms with Crippen molar-refractivity contribution in [3.05, 3.63) is 29.8 Å². The number of amides is 2. The number of hydrogen-bond acceptors (Lipinski definition) is 6. The van der Waals surface area contributed by atoms with E-state index in [1.54, 1.807) is 29.2 Å². The van der Waals surface area contributed by atoms with Gasteiger partial charge in [-0.15, -0.1) is 0 Å². The van der Waals surface area contributed by atoms with Crippen LogP contribution in [0.2, 0.25) is 0 Å². The van der Waals surface area contributed by atoms with Crippen LogP contribution in [0.15, 0.2) is 24.3 Å². The van der Waals surface area contributed by atoms with Gasteiger partial charge in [-0.25, -0.2) is 4.79 Å². The Labute approximate surface area is 191 Å². The second kappa shape index (κ2) is 11.7. The molecule has 1 N–H and O–H groups in total. The van der Waals surface area contributed by atoms with E-state index in [1.807, 2.05) is 34.6 Å². The Hall–Kier alpha value is -2.79. The molecular formula is C24H36N4O4. The molecule has 0 bridgehead atoms. The van der Waals surface area contributed by atoms with Gasteiger partial charge < -0.3 is 19.7 Å². The number of nitrogens with zero attached hydrogens (tertiary/aromatic N) is 3. The van der Waals surface area contributed by atoms with Crippen LogP contribution < -0.4 is 10.1 Å². The Bertz CT molecular complexity index is 805. The molecule has 0 saturated carbocycles. The molecule has 2 rings (SSSR count). The van der Waals surface area contributed by atoms with Crippen LogP contribution in [0.5, 0.6) is 5.75 Å². The van der Waals surface area contributed by atoms with E-state index in [0.29, 0.717) is 30.9 Å². The van der Waals surface area contributed by atoms with E-state index in [9.17, 15) is 14.9 Å². The Morgan fingerprint density at radius 1 is 1.16 bits per heavy atom. The van der Waals surface area contributed by atoms with Crippen LogP contribution in [0.3, 0.4) is 0 Å². The van der Waals surface area contributed by atoms with Crippen LogP contribution in [-0.2, 0) is 9.53 Å². The molecule has 1 saturated heterocycles. The van der Waals surface area contributed by atoms with Gasteiger partial charge in [-0.2, -0.15) is 5.26 Å². The van der Waals surface area contributed by atoms with Crippen molar-refractivity contribution in [1.29, 1.82) is 5.26 Å². The standard InChI is InChI=1S/C24H36N4O4/c1-18(2)21(31-20-10-7-6-9-19(20)17-25)22(29)26-11-8-12-27-13-15-28(16-14-27)23(30)32-24(3,4)5/h6-7,9-10,18,21H,8,11-16H2,1-5H3,(H,26,29). The lowest BCUT2D eigenvalue weighted by Crippen LogP contribution is -2.50. The maximum Gasteiger partial charge on any atom is 0.410 e. The number of para-hydroxylation sites is 1. The zero-order valence-electron chi connectivity index (χ0n) is 19.9. The summed E-state index contributed by atoms with van der Waals surface area (Å²) in [4.78, 5) is 28.9. The van der Waals surface area contributed by atoms with E-state index in [0.717, 1.165) is 26.1 Å². The number of benzene rings is 1. The van der Waals surface area contributed by atoms with E-state index in [-0.39, 0.29) is 17.9 Å². The highest BCUT2D eigenvalue weighted by molar-refractivity contribution is 5.81. The molecule has 176 valence electrons. The average Bonchev–Trinajstić information content (AvgIpc) is 2.74. The summed E-state index contributed by atoms with van der Waals surface area (Å²) < 4.78 is 11.3. The molecule has 1 heterocycles. The van der Waals surface area contributed by atoms with Crippen molar-refractivity contribution in [3.8, 4) is 11.8 Å². The van der Waals surface area contributed by atoms with E-state index in [2.05, 4.69) is 16.3 Å². The van der Waals surface area contributed by atoms with Crippen LogP contribution in [-0.4, -0.2) is 72.8 Å². The number of hydrogen-bond donors (Lipinski definition) is 1. The molecule has 1 unspecified atom stereocenters. The largest absolute Gasteiger partial charge is 0.479 e. The molecule has 0 radical (unpaired) electrons. The predicted molar refractivity (Wildman–Crippen MR) is 122 cm³/mol. The fourth-order valence-corrected chi connectivity index (χ4v) is 3.39. The van der Waals surface area contributed by atoms with Gasteiger partial charge >= 0.3 is 6.09 Å². The minimum absolute atomic E-state index is 0.0392. The molecule has 0 aromatic heterocycles. The topological polar surface area (TPSA) is 94.9 Å². The van der Waals surface area contributed by atoms with Crippen molar-refractivity contribution in [2.45, 2.75) is 52.7 Å². The molecule has 32 heavy (non-hydrogen) atoms. The van der Waals surface area contributed by atoms with Crippen LogP contribution >= 0.6 is 0 Å². The van der Waals surface area contributed by atoms with Gasteiger partial charge in [0, 0.05) is 32.7 Å². The normalized spacial score (nSPS) is 15.7. The molecule has 1 aromatic carbocycles. The first kappa shape index (κ1) is 25.5. The molecule has 1 atom stereocenters. The Balaban J connectivity index is 1.73. The minimum Gasteiger partial charge on any atom is -0.479 e. The highest BCUT2D eigenvalue weighted by atomic mass is 16.6. The average molecular weight is 445 g/mol. The summed E-state index contributed by atoms with van der Waals surface area (Å²) in [5, 5.41) is 12.2. The van der Waals surface area contributed by atoms with Gasteiger partial charge in [0.25, 0.3) is 5.91 Å². The third-order valence-corrected chi connectivity index (χ3v) is 5.10. The molecule has 1 aliphatic rings. The highest BCUT2D eigenvalue weighted by Gasteiger charge is 2.27. The SMILES string of the molecule is CC(C)C(Oc1ccccc1C#N)C(=O)NCCCN1CCN(C(=O)OC(C)(C)C)CC1. The summed E-state index contributed by atoms with van der Waals surface area (Å²) in [6.07, 6.45) is -0.124. The van der Waals surface area contributed by atoms with Crippen molar-refractivity contribution in [2.24, 2.45) is 5.92 Å². The Morgan fingerprint density at radius 2 is 1.81 bits per heavy atom. The summed E-state index contributed by atoms with van der Waals surface area (Å²) in [6, 6.07) is 9.03. The van der Waals surface area contributed by atoms with Gasteiger partial charge in [0.1, 0.15) is 17.4 Å². The fourth-order valence-electron chi connectivity index (χ4n) is 3.39. The third-order valence-electron chi connectivity index (χ3n) is 5.10. The fraction of sp³-hybridized carbons (Fsp3) is 0.625. The first-order chi connectivity index (χ1) is 15.1. The molecule has 8 heteroatoms. The summed E-state index contributed by atoms with van der Waals surface area (Å²) in [7, 11) is 0. The number of carbonyl (C=O) groups is 2. The molecule has 1 fully saturated rings. The minimum atomic E-state index is -0.665. The maximum atomic E-state index is 12.7. The number of nitriles is 1. The molecule has 1 aromatic rings. The lowest BCUT2D eigenvalue weighted by atomic mass is 10.1. The van der Waals surface area contributed by atoms with Crippen molar-refractivity contribution in [2.75, 3.05) is 39.3 Å². The Morgan fingerprint density at radius 3 is 2.41 bits per heavy atom. The molecule has 1 aliphatic heterocycles. The van der Waals surface area contributed by atoms with Crippen LogP contribution in [0.4, 0.5) is 4.79 Å². The quantitative estimate of drug-likeness (QED) is 0.620. The van der Waals surface area contributed by atoms with Crippen molar-refractivity contribution in [1.82, 2.24) is 15.1 Å². The monoisotopic (exact) mass is 444 g/mol. The number of rotatable bonds is 8. The van der Waals surface area contributed by atoms with E-state index < -0.39 is 11.7 Å². The number of nitrogens with one attached hydrogen (secondary N) is 1. The summed E-state index contributed by atoms with van der Waals surface area (Å²) >= 11 is 0. The number of piperazine rings is 1. The molecule has 0 spiro atoms. The van der Waals surface area contributed by atoms with Gasteiger partial charge in [0.05, 0.1) is 5.56 Å². The molecular weight excluding hydrogens is 408 g/mol. The summed E-state index contributed by atoms with van der Waals surface area (Å²) in [6.45, 7) is 13.7. The molecule has 8 nitrogen and oxygen atoms in total. The first-order valence-corrected chi connectivity index (χ1v) is 11.2. The zero-order valence-corrected chi connectivity index (χ0v) is 19.9. The van der Waals surface area contributed by atoms with Crippen molar-refractivity contribution < 1.29 is 19.1 Å². The zero-order chi connectivity index (χ0) is 23.7. The summed E-state index contributed by atoms with van der Waals surface area (Å²) in [5.41, 5.74) is -0.0720. The van der Waals surface area contributed by atoms with E-state index in [4.69, 9.17) is 9.47 Å². The van der Waals surface area contributed by atoms with Gasteiger partial charge in [-0.3, -0.25) is 9.69 Å². The van der Waals surface area contributed by atoms with Gasteiger partial charge in [0.15, 0.2) is 6.10 Å². The predicted octanol–water partition coefficient (Wildman–Crippen LogP) is 3.02. The van der Waals surface area contributed by atoms with Crippen LogP contribution in [0.1, 0.15) is 46.6 Å². The molecule has 0 aliphatic carbocycles. The highest BCUT2D eigenvalue weighted by Crippen LogP contribution is 2.21. The van der Waals surface area contributed by atoms with Gasteiger partial charge in [-0.1, -0.05) is 26.0 Å². The summed E-state index contributed by atoms with van der Waals surface area (Å²) in [5.74, 6) is 0.205. The number of ether oxygens (including phenoxy) is 2. The van der Waals surface area contributed by atoms with E-state index in [1.165, 1.54) is 0 Å². The lowest BCUT2D eigenvalue weighted by Gasteiger charge is -2.35. The maximum absolute atomic E-state index is 12.7. The smallest absolute Gasteiger partial charge is 0.410 e. The van der Waals surface area contributed by atoms with Gasteiger partial charge in [-0.05, 0) is 51.8 Å². The van der Waals surface area contributed by atoms with Crippen LogP contribution in [0.25, 0.3) is 0 Å². The van der Waals surface area contributed by atoms with E-state index >= 15 is 0 Å². The van der Waals surface area contributed by atoms with Crippen molar-refractivity contribution in [3.63, 3.8) is 0 Å². The third kappa shape index (κ3) is 8.04. The first-order valence-electron chi connectivity index (χ1n) is 11.2. The van der Waals surface area contributed by atoms with Crippen molar-refractivity contribution >= 4 is 12.0 Å². The number of carbonyl (C=O) groups excluding carboxylic acids is 2. The van der Waals surface area contributed by atoms with Gasteiger partial charge in [0.2, 0.25) is 0 Å². The second-order valence-electron chi connectivity index (χ2n) is 9.34. The lowest BCUT2D eigenvalue weighted by molar-refractivity contribution is -0.129. The Kier molecular flexibility index (Phi) is 9.33. The molecule has 2 amide bonds. The second-order valence-corrected chi connectivity index (χ2v) is 9.34. The van der Waals surface area contributed by atoms with Crippen LogP contribution in [0, 0.1) is 17.2 Å².